The van der Waals surface area contributed by atoms with Crippen LogP contribution in [0.25, 0.3) is 0 Å². The molecule has 0 unspecified atom stereocenters. The summed E-state index contributed by atoms with van der Waals surface area (Å²) in [5.74, 6) is 2.11. The first-order valence-corrected chi connectivity index (χ1v) is 6.00. The second-order valence-corrected chi connectivity index (χ2v) is 4.72. The van der Waals surface area contributed by atoms with Crippen LogP contribution in [0.15, 0.2) is 0 Å². The summed E-state index contributed by atoms with van der Waals surface area (Å²) >= 11 is 0. The fourth-order valence-electron chi connectivity index (χ4n) is 0.387. The summed E-state index contributed by atoms with van der Waals surface area (Å²) in [5, 5.41) is 0. The van der Waals surface area contributed by atoms with E-state index in [0.717, 1.165) is 0 Å². The number of hydrogen-bond donors (Lipinski definition) is 0. The van der Waals surface area contributed by atoms with Crippen molar-refractivity contribution in [2.75, 3.05) is 11.5 Å². The number of carbonyl (C=O) groups excluding carboxylic acids is 1. The molecule has 0 amide bonds. The Morgan fingerprint density at radius 2 is 2.10 bits per heavy atom. The van der Waals surface area contributed by atoms with Crippen LogP contribution in [0.5, 0.6) is 0 Å². The van der Waals surface area contributed by atoms with E-state index in [2.05, 4.69) is 6.92 Å². The van der Waals surface area contributed by atoms with Crippen LogP contribution in [0.1, 0.15) is 26.7 Å². The predicted molar refractivity (Wildman–Crippen MR) is 50.5 cm³/mol. The zero-order chi connectivity index (χ0) is 7.82. The molecule has 0 aromatic carbocycles. The second kappa shape index (κ2) is 7.48. The molecule has 0 aliphatic carbocycles. The highest BCUT2D eigenvalue weighted by Gasteiger charge is 1.92. The van der Waals surface area contributed by atoms with Gasteiger partial charge in [0.1, 0.15) is 5.78 Å². The number of ketones is 1. The van der Waals surface area contributed by atoms with Crippen molar-refractivity contribution >= 4 is 27.4 Å². The number of hydrogen-bond acceptors (Lipinski definition) is 3. The molecule has 0 aliphatic heterocycles. The Morgan fingerprint density at radius 1 is 1.40 bits per heavy atom. The van der Waals surface area contributed by atoms with Crippen LogP contribution in [-0.4, -0.2) is 17.3 Å². The second-order valence-electron chi connectivity index (χ2n) is 2.14. The van der Waals surface area contributed by atoms with E-state index < -0.39 is 0 Å². The van der Waals surface area contributed by atoms with E-state index in [-0.39, 0.29) is 5.78 Å². The minimum Gasteiger partial charge on any atom is -0.299 e. The maximum atomic E-state index is 10.4. The first-order chi connectivity index (χ1) is 4.77. The molecule has 0 spiro atoms. The molecule has 0 saturated heterocycles. The summed E-state index contributed by atoms with van der Waals surface area (Å²) in [7, 11) is 3.47. The van der Waals surface area contributed by atoms with Gasteiger partial charge in [-0.2, -0.15) is 0 Å². The largest absolute Gasteiger partial charge is 0.299 e. The SMILES string of the molecule is CCCCSSCC(C)=O. The average molecular weight is 178 g/mol. The molecule has 0 N–H and O–H groups in total. The van der Waals surface area contributed by atoms with Crippen molar-refractivity contribution < 1.29 is 4.79 Å². The van der Waals surface area contributed by atoms with Crippen molar-refractivity contribution in [1.29, 1.82) is 0 Å². The first kappa shape index (κ1) is 10.4. The van der Waals surface area contributed by atoms with Gasteiger partial charge in [-0.05, 0) is 13.3 Å². The van der Waals surface area contributed by atoms with Crippen molar-refractivity contribution in [1.82, 2.24) is 0 Å². The number of carbonyl (C=O) groups is 1. The summed E-state index contributed by atoms with van der Waals surface area (Å²) in [6.07, 6.45) is 2.50. The van der Waals surface area contributed by atoms with Gasteiger partial charge in [0.15, 0.2) is 0 Å². The number of rotatable bonds is 6. The highest BCUT2D eigenvalue weighted by molar-refractivity contribution is 8.76. The van der Waals surface area contributed by atoms with Gasteiger partial charge in [0.05, 0.1) is 5.75 Å². The molecule has 0 aliphatic rings. The van der Waals surface area contributed by atoms with Crippen LogP contribution in [0.3, 0.4) is 0 Å². The van der Waals surface area contributed by atoms with Crippen molar-refractivity contribution in [3.8, 4) is 0 Å². The van der Waals surface area contributed by atoms with E-state index >= 15 is 0 Å². The quantitative estimate of drug-likeness (QED) is 0.460. The Balaban J connectivity index is 2.84. The van der Waals surface area contributed by atoms with E-state index in [1.807, 2.05) is 0 Å². The van der Waals surface area contributed by atoms with E-state index in [1.54, 1.807) is 28.5 Å². The maximum Gasteiger partial charge on any atom is 0.140 e. The van der Waals surface area contributed by atoms with Gasteiger partial charge in [-0.15, -0.1) is 0 Å². The average Bonchev–Trinajstić information content (AvgIpc) is 1.87. The standard InChI is InChI=1S/C7H14OS2/c1-3-4-5-9-10-6-7(2)8/h3-6H2,1-2H3. The summed E-state index contributed by atoms with van der Waals surface area (Å²) in [6.45, 7) is 3.81. The monoisotopic (exact) mass is 178 g/mol. The first-order valence-electron chi connectivity index (χ1n) is 3.51. The predicted octanol–water partition coefficient (Wildman–Crippen LogP) is 2.76. The van der Waals surface area contributed by atoms with E-state index in [4.69, 9.17) is 0 Å². The topological polar surface area (TPSA) is 17.1 Å². The van der Waals surface area contributed by atoms with Crippen LogP contribution >= 0.6 is 21.6 Å². The zero-order valence-electron chi connectivity index (χ0n) is 6.55. The summed E-state index contributed by atoms with van der Waals surface area (Å²) in [6, 6.07) is 0. The van der Waals surface area contributed by atoms with Crippen molar-refractivity contribution in [3.63, 3.8) is 0 Å². The smallest absolute Gasteiger partial charge is 0.140 e. The fraction of sp³-hybridized carbons (Fsp3) is 0.857. The van der Waals surface area contributed by atoms with E-state index in [1.165, 1.54) is 18.6 Å². The molecule has 0 radical (unpaired) electrons. The molecule has 1 nitrogen and oxygen atoms in total. The van der Waals surface area contributed by atoms with Gasteiger partial charge < -0.3 is 0 Å². The third-order valence-corrected chi connectivity index (χ3v) is 3.43. The van der Waals surface area contributed by atoms with Gasteiger partial charge in [-0.1, -0.05) is 34.9 Å². The zero-order valence-corrected chi connectivity index (χ0v) is 8.19. The lowest BCUT2D eigenvalue weighted by Crippen LogP contribution is -1.90. The molecule has 0 saturated carbocycles. The van der Waals surface area contributed by atoms with Gasteiger partial charge in [0.25, 0.3) is 0 Å². The molecular weight excluding hydrogens is 164 g/mol. The van der Waals surface area contributed by atoms with Crippen molar-refractivity contribution in [2.45, 2.75) is 26.7 Å². The minimum absolute atomic E-state index is 0.272. The molecule has 0 atom stereocenters. The van der Waals surface area contributed by atoms with E-state index in [9.17, 15) is 4.79 Å². The van der Waals surface area contributed by atoms with Crippen LogP contribution < -0.4 is 0 Å². The van der Waals surface area contributed by atoms with Crippen LogP contribution in [0, 0.1) is 0 Å². The van der Waals surface area contributed by atoms with Crippen molar-refractivity contribution in [2.24, 2.45) is 0 Å². The highest BCUT2D eigenvalue weighted by Crippen LogP contribution is 2.21. The third-order valence-electron chi connectivity index (χ3n) is 0.927. The van der Waals surface area contributed by atoms with Crippen molar-refractivity contribution in [3.05, 3.63) is 0 Å². The van der Waals surface area contributed by atoms with Gasteiger partial charge in [-0.25, -0.2) is 0 Å². The van der Waals surface area contributed by atoms with Crippen LogP contribution in [0.2, 0.25) is 0 Å². The summed E-state index contributed by atoms with van der Waals surface area (Å²) in [4.78, 5) is 10.4. The molecular formula is C7H14OS2. The number of unbranched alkanes of at least 4 members (excludes halogenated alkanes) is 1. The minimum atomic E-state index is 0.272. The van der Waals surface area contributed by atoms with Crippen LogP contribution in [0.4, 0.5) is 0 Å². The molecule has 0 bridgehead atoms. The van der Waals surface area contributed by atoms with Gasteiger partial charge in [0, 0.05) is 5.75 Å². The van der Waals surface area contributed by atoms with E-state index in [0.29, 0.717) is 5.75 Å². The lowest BCUT2D eigenvalue weighted by atomic mass is 10.4. The Morgan fingerprint density at radius 3 is 2.60 bits per heavy atom. The molecule has 60 valence electrons. The highest BCUT2D eigenvalue weighted by atomic mass is 33.1. The van der Waals surface area contributed by atoms with Crippen LogP contribution in [-0.2, 0) is 4.79 Å². The lowest BCUT2D eigenvalue weighted by Gasteiger charge is -1.95. The lowest BCUT2D eigenvalue weighted by molar-refractivity contribution is -0.114. The Labute approximate surface area is 70.7 Å². The molecule has 0 heterocycles. The Bertz CT molecular complexity index is 93.6. The normalized spacial score (nSPS) is 9.80. The molecule has 0 fully saturated rings. The Hall–Kier alpha value is 0.370. The molecule has 3 heteroatoms. The molecule has 0 aromatic heterocycles. The summed E-state index contributed by atoms with van der Waals surface area (Å²) in [5.41, 5.74) is 0. The maximum absolute atomic E-state index is 10.4. The molecule has 0 rings (SSSR count). The van der Waals surface area contributed by atoms with Gasteiger partial charge in [-0.3, -0.25) is 4.79 Å². The van der Waals surface area contributed by atoms with Gasteiger partial charge in [0.2, 0.25) is 0 Å². The molecule has 10 heavy (non-hydrogen) atoms. The summed E-state index contributed by atoms with van der Waals surface area (Å²) < 4.78 is 0. The Kier molecular flexibility index (Phi) is 7.75. The third kappa shape index (κ3) is 8.37. The van der Waals surface area contributed by atoms with Gasteiger partial charge >= 0.3 is 0 Å². The molecule has 0 aromatic rings. The number of Topliss-reactive ketones (excluding diaryl/α,β-unsaturated/α-hetero) is 1. The fourth-order valence-corrected chi connectivity index (χ4v) is 2.62.